The molecule has 1 heterocycles. The highest BCUT2D eigenvalue weighted by Gasteiger charge is 2.23. The number of aromatic nitrogens is 1. The van der Waals surface area contributed by atoms with E-state index in [4.69, 9.17) is 0 Å². The Morgan fingerprint density at radius 1 is 1.28 bits per heavy atom. The summed E-state index contributed by atoms with van der Waals surface area (Å²) >= 11 is 1.85. The molecule has 0 spiro atoms. The predicted molar refractivity (Wildman–Crippen MR) is 81.4 cm³/mol. The molecule has 1 atom stereocenters. The van der Waals surface area contributed by atoms with Gasteiger partial charge in [-0.15, -0.1) is 11.8 Å². The lowest BCUT2D eigenvalue weighted by molar-refractivity contribution is 0.295. The van der Waals surface area contributed by atoms with E-state index in [9.17, 15) is 0 Å². The number of hydrogen-bond acceptors (Lipinski definition) is 3. The average Bonchev–Trinajstić information content (AvgIpc) is 2.21. The van der Waals surface area contributed by atoms with E-state index < -0.39 is 0 Å². The van der Waals surface area contributed by atoms with Gasteiger partial charge < -0.3 is 5.32 Å². The number of aryl methyl sites for hydroxylation is 2. The molecule has 0 aromatic carbocycles. The van der Waals surface area contributed by atoms with Crippen LogP contribution in [0.2, 0.25) is 0 Å². The van der Waals surface area contributed by atoms with Gasteiger partial charge in [0, 0.05) is 17.5 Å². The number of nitrogens with zero attached hydrogens (tertiary/aromatic N) is 1. The van der Waals surface area contributed by atoms with Crippen LogP contribution in [-0.4, -0.2) is 23.3 Å². The van der Waals surface area contributed by atoms with E-state index in [0.29, 0.717) is 6.04 Å². The molecule has 0 fully saturated rings. The minimum Gasteiger partial charge on any atom is -0.313 e. The van der Waals surface area contributed by atoms with Gasteiger partial charge in [-0.2, -0.15) is 0 Å². The zero-order chi connectivity index (χ0) is 13.8. The number of hydrogen-bond donors (Lipinski definition) is 1. The van der Waals surface area contributed by atoms with E-state index in [0.717, 1.165) is 23.0 Å². The third-order valence-corrected chi connectivity index (χ3v) is 3.97. The van der Waals surface area contributed by atoms with Crippen LogP contribution in [0.25, 0.3) is 0 Å². The molecular formula is C15H26N2S. The average molecular weight is 266 g/mol. The predicted octanol–water partition coefficient (Wildman–Crippen LogP) is 3.81. The standard InChI is InChI=1S/C15H26N2S/c1-7-16-13(15(4,5)6)10-18-14-9-11(2)8-12(3)17-14/h8-9,13,16H,7,10H2,1-6H3. The first-order chi connectivity index (χ1) is 8.32. The van der Waals surface area contributed by atoms with E-state index in [-0.39, 0.29) is 5.41 Å². The first-order valence-electron chi connectivity index (χ1n) is 6.64. The van der Waals surface area contributed by atoms with Crippen molar-refractivity contribution in [3.05, 3.63) is 23.4 Å². The highest BCUT2D eigenvalue weighted by molar-refractivity contribution is 7.99. The van der Waals surface area contributed by atoms with E-state index in [1.54, 1.807) is 0 Å². The molecule has 0 saturated carbocycles. The molecule has 1 rings (SSSR count). The lowest BCUT2D eigenvalue weighted by atomic mass is 9.88. The fraction of sp³-hybridized carbons (Fsp3) is 0.667. The van der Waals surface area contributed by atoms with Gasteiger partial charge in [-0.05, 0) is 43.5 Å². The number of pyridine rings is 1. The quantitative estimate of drug-likeness (QED) is 0.820. The van der Waals surface area contributed by atoms with Crippen LogP contribution in [0.4, 0.5) is 0 Å². The minimum absolute atomic E-state index is 0.280. The number of nitrogens with one attached hydrogen (secondary N) is 1. The normalized spacial score (nSPS) is 13.7. The lowest BCUT2D eigenvalue weighted by Crippen LogP contribution is -2.42. The van der Waals surface area contributed by atoms with Gasteiger partial charge in [-0.3, -0.25) is 0 Å². The highest BCUT2D eigenvalue weighted by Crippen LogP contribution is 2.26. The van der Waals surface area contributed by atoms with Gasteiger partial charge in [0.2, 0.25) is 0 Å². The summed E-state index contributed by atoms with van der Waals surface area (Å²) in [5.74, 6) is 1.06. The van der Waals surface area contributed by atoms with E-state index in [2.05, 4.69) is 64.0 Å². The molecule has 3 heteroatoms. The third kappa shape index (κ3) is 4.99. The van der Waals surface area contributed by atoms with Crippen LogP contribution < -0.4 is 5.32 Å². The SMILES string of the molecule is CCNC(CSc1cc(C)cc(C)n1)C(C)(C)C. The van der Waals surface area contributed by atoms with Crippen LogP contribution in [0.3, 0.4) is 0 Å². The van der Waals surface area contributed by atoms with Crippen LogP contribution >= 0.6 is 11.8 Å². The molecule has 0 bridgehead atoms. The summed E-state index contributed by atoms with van der Waals surface area (Å²) in [6, 6.07) is 4.80. The summed E-state index contributed by atoms with van der Waals surface area (Å²) in [7, 11) is 0. The van der Waals surface area contributed by atoms with Crippen LogP contribution in [0, 0.1) is 19.3 Å². The maximum atomic E-state index is 4.58. The van der Waals surface area contributed by atoms with Crippen molar-refractivity contribution in [1.29, 1.82) is 0 Å². The molecule has 102 valence electrons. The van der Waals surface area contributed by atoms with Crippen molar-refractivity contribution in [2.24, 2.45) is 5.41 Å². The van der Waals surface area contributed by atoms with E-state index >= 15 is 0 Å². The molecule has 1 aromatic rings. The lowest BCUT2D eigenvalue weighted by Gasteiger charge is -2.31. The van der Waals surface area contributed by atoms with Crippen molar-refractivity contribution >= 4 is 11.8 Å². The molecule has 0 aliphatic rings. The second-order valence-electron chi connectivity index (χ2n) is 5.91. The summed E-state index contributed by atoms with van der Waals surface area (Å²) in [6.45, 7) is 14.2. The molecule has 0 aliphatic carbocycles. The third-order valence-electron chi connectivity index (χ3n) is 2.97. The topological polar surface area (TPSA) is 24.9 Å². The summed E-state index contributed by atoms with van der Waals surface area (Å²) in [5, 5.41) is 4.71. The minimum atomic E-state index is 0.280. The van der Waals surface area contributed by atoms with E-state index in [1.165, 1.54) is 5.56 Å². The second-order valence-corrected chi connectivity index (χ2v) is 6.95. The highest BCUT2D eigenvalue weighted by atomic mass is 32.2. The molecule has 1 aromatic heterocycles. The Labute approximate surface area is 116 Å². The Morgan fingerprint density at radius 2 is 1.94 bits per heavy atom. The fourth-order valence-electron chi connectivity index (χ4n) is 1.91. The first-order valence-corrected chi connectivity index (χ1v) is 7.63. The zero-order valence-corrected chi connectivity index (χ0v) is 13.3. The molecule has 1 N–H and O–H groups in total. The van der Waals surface area contributed by atoms with Crippen molar-refractivity contribution in [3.8, 4) is 0 Å². The van der Waals surface area contributed by atoms with Crippen molar-refractivity contribution in [1.82, 2.24) is 10.3 Å². The molecular weight excluding hydrogens is 240 g/mol. The monoisotopic (exact) mass is 266 g/mol. The van der Waals surface area contributed by atoms with Gasteiger partial charge in [-0.25, -0.2) is 4.98 Å². The summed E-state index contributed by atoms with van der Waals surface area (Å²) in [5.41, 5.74) is 2.68. The van der Waals surface area contributed by atoms with Gasteiger partial charge in [0.1, 0.15) is 0 Å². The fourth-order valence-corrected chi connectivity index (χ4v) is 3.34. The molecule has 0 saturated heterocycles. The largest absolute Gasteiger partial charge is 0.313 e. The molecule has 18 heavy (non-hydrogen) atoms. The zero-order valence-electron chi connectivity index (χ0n) is 12.5. The Balaban J connectivity index is 2.67. The molecule has 0 radical (unpaired) electrons. The second kappa shape index (κ2) is 6.58. The van der Waals surface area contributed by atoms with Crippen molar-refractivity contribution in [3.63, 3.8) is 0 Å². The van der Waals surface area contributed by atoms with Crippen molar-refractivity contribution < 1.29 is 0 Å². The van der Waals surface area contributed by atoms with Crippen LogP contribution in [0.1, 0.15) is 39.0 Å². The molecule has 2 nitrogen and oxygen atoms in total. The number of rotatable bonds is 5. The van der Waals surface area contributed by atoms with Gasteiger partial charge in [-0.1, -0.05) is 27.7 Å². The Kier molecular flexibility index (Phi) is 5.67. The maximum absolute atomic E-state index is 4.58. The van der Waals surface area contributed by atoms with Gasteiger partial charge >= 0.3 is 0 Å². The summed E-state index contributed by atoms with van der Waals surface area (Å²) in [6.07, 6.45) is 0. The Hall–Kier alpha value is -0.540. The van der Waals surface area contributed by atoms with Gasteiger partial charge in [0.15, 0.2) is 0 Å². The van der Waals surface area contributed by atoms with Crippen LogP contribution in [-0.2, 0) is 0 Å². The molecule has 1 unspecified atom stereocenters. The van der Waals surface area contributed by atoms with Crippen LogP contribution in [0.5, 0.6) is 0 Å². The van der Waals surface area contributed by atoms with Crippen molar-refractivity contribution in [2.75, 3.05) is 12.3 Å². The maximum Gasteiger partial charge on any atom is 0.0966 e. The van der Waals surface area contributed by atoms with E-state index in [1.807, 2.05) is 11.8 Å². The Bertz CT molecular complexity index is 362. The summed E-state index contributed by atoms with van der Waals surface area (Å²) in [4.78, 5) is 4.58. The summed E-state index contributed by atoms with van der Waals surface area (Å²) < 4.78 is 0. The number of thioether (sulfide) groups is 1. The molecule has 0 aliphatic heterocycles. The van der Waals surface area contributed by atoms with Gasteiger partial charge in [0.25, 0.3) is 0 Å². The first kappa shape index (κ1) is 15.5. The van der Waals surface area contributed by atoms with Crippen molar-refractivity contribution in [2.45, 2.75) is 52.6 Å². The smallest absolute Gasteiger partial charge is 0.0966 e. The van der Waals surface area contributed by atoms with Gasteiger partial charge in [0.05, 0.1) is 5.03 Å². The van der Waals surface area contributed by atoms with Crippen LogP contribution in [0.15, 0.2) is 17.2 Å². The Morgan fingerprint density at radius 3 is 2.44 bits per heavy atom. The molecule has 0 amide bonds.